The zero-order valence-electron chi connectivity index (χ0n) is 4.21. The molecule has 0 aromatic carbocycles. The van der Waals surface area contributed by atoms with Crippen LogP contribution in [0.5, 0.6) is 0 Å². The fourth-order valence-corrected chi connectivity index (χ4v) is 0. The van der Waals surface area contributed by atoms with Crippen LogP contribution in [-0.2, 0) is 11.4 Å². The SMILES string of the molecule is O=S(O)O.[H-].[Na+].[SeH2]. The second-order valence-electron chi connectivity index (χ2n) is 0.231. The van der Waals surface area contributed by atoms with Gasteiger partial charge in [-0.15, -0.1) is 0 Å². The Morgan fingerprint density at radius 1 is 1.50 bits per heavy atom. The molecule has 0 unspecified atom stereocenters. The molecule has 0 aromatic heterocycles. The summed E-state index contributed by atoms with van der Waals surface area (Å²) in [5.74, 6) is 0. The molecule has 0 atom stereocenters. The number of rotatable bonds is 0. The van der Waals surface area contributed by atoms with Gasteiger partial charge in [-0.25, -0.2) is 0 Å². The van der Waals surface area contributed by atoms with Crippen molar-refractivity contribution < 1.29 is 44.3 Å². The van der Waals surface area contributed by atoms with Crippen LogP contribution < -0.4 is 29.6 Å². The standard InChI is InChI=1S/Na.H2O3S.H2Se.H/c;1-4(2)3;;/h;(H2,1,2,3);1H2;/q+1;;;-1. The molecule has 0 heterocycles. The molecule has 0 radical (unpaired) electrons. The molecule has 0 aliphatic carbocycles. The van der Waals surface area contributed by atoms with Crippen LogP contribution in [0.15, 0.2) is 0 Å². The van der Waals surface area contributed by atoms with Crippen molar-refractivity contribution in [2.45, 2.75) is 0 Å². The van der Waals surface area contributed by atoms with Gasteiger partial charge in [0.25, 0.3) is 11.4 Å². The first-order valence-corrected chi connectivity index (χ1v) is 1.60. The number of hydrogen-bond acceptors (Lipinski definition) is 1. The Morgan fingerprint density at radius 2 is 1.50 bits per heavy atom. The van der Waals surface area contributed by atoms with Gasteiger partial charge >= 0.3 is 46.6 Å². The summed E-state index contributed by atoms with van der Waals surface area (Å²) >= 11 is -2.61. The summed E-state index contributed by atoms with van der Waals surface area (Å²) in [6.45, 7) is 0. The molecule has 0 aromatic rings. The Bertz CT molecular complexity index is 37.9. The zero-order chi connectivity index (χ0) is 3.58. The molecule has 6 heavy (non-hydrogen) atoms. The molecule has 0 saturated heterocycles. The molecular formula is H5NaO3SSe. The van der Waals surface area contributed by atoms with Gasteiger partial charge < -0.3 is 1.43 Å². The van der Waals surface area contributed by atoms with Gasteiger partial charge in [-0.2, -0.15) is 4.21 Å². The third-order valence-electron chi connectivity index (χ3n) is 0. The van der Waals surface area contributed by atoms with Crippen molar-refractivity contribution in [1.29, 1.82) is 0 Å². The second kappa shape index (κ2) is 9.77. The van der Waals surface area contributed by atoms with Crippen LogP contribution in [0.4, 0.5) is 0 Å². The molecule has 3 nitrogen and oxygen atoms in total. The molecule has 36 valence electrons. The van der Waals surface area contributed by atoms with Gasteiger partial charge in [0.05, 0.1) is 0 Å². The first kappa shape index (κ1) is 15.6. The van der Waals surface area contributed by atoms with Crippen molar-refractivity contribution in [1.82, 2.24) is 0 Å². The fraction of sp³-hybridized carbons (Fsp3) is 0. The van der Waals surface area contributed by atoms with Gasteiger partial charge in [0.15, 0.2) is 0 Å². The van der Waals surface area contributed by atoms with Crippen LogP contribution in [0.3, 0.4) is 0 Å². The monoisotopic (exact) mass is 188 g/mol. The molecule has 0 rings (SSSR count). The summed E-state index contributed by atoms with van der Waals surface area (Å²) in [7, 11) is 0. The first-order valence-electron chi connectivity index (χ1n) is 0.532. The molecule has 0 fully saturated rings. The van der Waals surface area contributed by atoms with E-state index in [1.807, 2.05) is 0 Å². The van der Waals surface area contributed by atoms with Crippen LogP contribution in [0, 0.1) is 0 Å². The van der Waals surface area contributed by atoms with E-state index in [0.29, 0.717) is 0 Å². The van der Waals surface area contributed by atoms with Crippen LogP contribution in [0.2, 0.25) is 0 Å². The van der Waals surface area contributed by atoms with E-state index in [0.717, 1.165) is 0 Å². The van der Waals surface area contributed by atoms with Crippen LogP contribution in [0.25, 0.3) is 0 Å². The van der Waals surface area contributed by atoms with Gasteiger partial charge in [0.1, 0.15) is 0 Å². The number of hydrogen-bond donors (Lipinski definition) is 2. The average molecular weight is 187 g/mol. The molecule has 0 aliphatic heterocycles. The van der Waals surface area contributed by atoms with Crippen molar-refractivity contribution in [3.8, 4) is 0 Å². The van der Waals surface area contributed by atoms with E-state index in [-0.39, 0.29) is 48.1 Å². The Labute approximate surface area is 72.2 Å². The van der Waals surface area contributed by atoms with Gasteiger partial charge in [0.2, 0.25) is 0 Å². The van der Waals surface area contributed by atoms with Crippen LogP contribution in [0.1, 0.15) is 1.43 Å². The van der Waals surface area contributed by atoms with Crippen molar-refractivity contribution in [2.75, 3.05) is 0 Å². The van der Waals surface area contributed by atoms with Crippen LogP contribution >= 0.6 is 0 Å². The van der Waals surface area contributed by atoms with Crippen LogP contribution in [-0.4, -0.2) is 30.4 Å². The van der Waals surface area contributed by atoms with Gasteiger partial charge in [-0.1, -0.05) is 0 Å². The maximum atomic E-state index is 8.67. The van der Waals surface area contributed by atoms with E-state index in [4.69, 9.17) is 13.3 Å². The minimum atomic E-state index is -2.61. The predicted molar refractivity (Wildman–Crippen MR) is 23.1 cm³/mol. The van der Waals surface area contributed by atoms with E-state index in [1.165, 1.54) is 0 Å². The average Bonchev–Trinajstić information content (AvgIpc) is 0.811. The van der Waals surface area contributed by atoms with Gasteiger partial charge in [-0.3, -0.25) is 9.11 Å². The van der Waals surface area contributed by atoms with Gasteiger partial charge in [0, 0.05) is 0 Å². The summed E-state index contributed by atoms with van der Waals surface area (Å²) in [5, 5.41) is 0. The van der Waals surface area contributed by atoms with E-state index >= 15 is 0 Å². The predicted octanol–water partition coefficient (Wildman–Crippen LogP) is -4.12. The normalized spacial score (nSPS) is 5.83. The molecule has 0 bridgehead atoms. The Kier molecular flexibility index (Phi) is 25.5. The summed E-state index contributed by atoms with van der Waals surface area (Å²) in [5.41, 5.74) is 0. The van der Waals surface area contributed by atoms with E-state index in [9.17, 15) is 0 Å². The van der Waals surface area contributed by atoms with E-state index < -0.39 is 11.4 Å². The van der Waals surface area contributed by atoms with Crippen molar-refractivity contribution in [3.05, 3.63) is 0 Å². The second-order valence-corrected chi connectivity index (χ2v) is 0.692. The molecule has 0 saturated carbocycles. The Balaban J connectivity index is -0.0000000150. The quantitative estimate of drug-likeness (QED) is 0.299. The Hall–Kier alpha value is 1.59. The molecule has 6 heteroatoms. The molecule has 2 N–H and O–H groups in total. The Morgan fingerprint density at radius 3 is 1.50 bits per heavy atom. The summed E-state index contributed by atoms with van der Waals surface area (Å²) in [6, 6.07) is 0. The minimum absolute atomic E-state index is 0. The van der Waals surface area contributed by atoms with E-state index in [2.05, 4.69) is 0 Å². The third kappa shape index (κ3) is 46.6. The third-order valence-corrected chi connectivity index (χ3v) is 0. The van der Waals surface area contributed by atoms with Gasteiger partial charge in [-0.05, 0) is 0 Å². The first-order chi connectivity index (χ1) is 1.73. The molecular weight excluding hydrogens is 182 g/mol. The van der Waals surface area contributed by atoms with Crippen molar-refractivity contribution in [2.24, 2.45) is 0 Å². The molecule has 0 spiro atoms. The maximum absolute atomic E-state index is 8.67. The summed E-state index contributed by atoms with van der Waals surface area (Å²) in [4.78, 5) is 0. The van der Waals surface area contributed by atoms with E-state index in [1.54, 1.807) is 0 Å². The molecule has 0 amide bonds. The zero-order valence-corrected chi connectivity index (χ0v) is 8.13. The summed E-state index contributed by atoms with van der Waals surface area (Å²) < 4.78 is 22.8. The summed E-state index contributed by atoms with van der Waals surface area (Å²) in [6.07, 6.45) is 0. The van der Waals surface area contributed by atoms with Crippen molar-refractivity contribution in [3.63, 3.8) is 0 Å². The topological polar surface area (TPSA) is 57.5 Å². The fourth-order valence-electron chi connectivity index (χ4n) is 0. The van der Waals surface area contributed by atoms with Crippen molar-refractivity contribution >= 4 is 28.4 Å². The molecule has 0 aliphatic rings.